The van der Waals surface area contributed by atoms with Gasteiger partial charge in [-0.2, -0.15) is 0 Å². The average Bonchev–Trinajstić information content (AvgIpc) is 3.28. The van der Waals surface area contributed by atoms with Gasteiger partial charge in [0.2, 0.25) is 0 Å². The number of sulfone groups is 1. The van der Waals surface area contributed by atoms with E-state index in [0.717, 1.165) is 25.0 Å². The Morgan fingerprint density at radius 3 is 2.62 bits per heavy atom. The lowest BCUT2D eigenvalue weighted by Crippen LogP contribution is -2.47. The van der Waals surface area contributed by atoms with Crippen LogP contribution in [0.1, 0.15) is 35.8 Å². The average molecular weight is 526 g/mol. The number of nitrogens with zero attached hydrogens (tertiary/aromatic N) is 2. The SMILES string of the molecule is CN(C)[C@H]1CC[C@H](c2ccccc2F)C[C@@H]1Nc1cc(F)c(S(=O)(=O)Cc2nccs2)cc1Cl. The molecule has 10 heteroatoms. The quantitative estimate of drug-likeness (QED) is 0.427. The van der Waals surface area contributed by atoms with Crippen LogP contribution in [0, 0.1) is 11.6 Å². The fraction of sp³-hybridized carbons (Fsp3) is 0.375. The molecule has 1 saturated carbocycles. The van der Waals surface area contributed by atoms with E-state index in [9.17, 15) is 12.8 Å². The van der Waals surface area contributed by atoms with E-state index in [0.29, 0.717) is 22.7 Å². The Kier molecular flexibility index (Phi) is 7.57. The van der Waals surface area contributed by atoms with Crippen molar-refractivity contribution in [3.63, 3.8) is 0 Å². The second kappa shape index (κ2) is 10.3. The van der Waals surface area contributed by atoms with Crippen LogP contribution in [0.25, 0.3) is 0 Å². The number of nitrogens with one attached hydrogen (secondary N) is 1. The minimum absolute atomic E-state index is 0.0106. The van der Waals surface area contributed by atoms with Crippen LogP contribution >= 0.6 is 22.9 Å². The molecule has 0 spiro atoms. The summed E-state index contributed by atoms with van der Waals surface area (Å²) in [5, 5.41) is 5.49. The van der Waals surface area contributed by atoms with Crippen LogP contribution in [0.15, 0.2) is 52.9 Å². The topological polar surface area (TPSA) is 62.3 Å². The van der Waals surface area contributed by atoms with E-state index < -0.39 is 20.5 Å². The summed E-state index contributed by atoms with van der Waals surface area (Å²) >= 11 is 7.63. The first-order valence-electron chi connectivity index (χ1n) is 10.9. The molecule has 1 heterocycles. The summed E-state index contributed by atoms with van der Waals surface area (Å²) in [5.74, 6) is -1.48. The van der Waals surface area contributed by atoms with E-state index in [-0.39, 0.29) is 34.6 Å². The molecule has 3 atom stereocenters. The van der Waals surface area contributed by atoms with Crippen molar-refractivity contribution < 1.29 is 17.2 Å². The Morgan fingerprint density at radius 2 is 1.94 bits per heavy atom. The van der Waals surface area contributed by atoms with Crippen molar-refractivity contribution in [2.24, 2.45) is 0 Å². The number of halogens is 3. The van der Waals surface area contributed by atoms with Crippen LogP contribution in [0.3, 0.4) is 0 Å². The van der Waals surface area contributed by atoms with Gasteiger partial charge in [0, 0.05) is 23.7 Å². The predicted molar refractivity (Wildman–Crippen MR) is 132 cm³/mol. The minimum Gasteiger partial charge on any atom is -0.379 e. The van der Waals surface area contributed by atoms with Crippen molar-refractivity contribution in [1.29, 1.82) is 0 Å². The van der Waals surface area contributed by atoms with E-state index in [1.165, 1.54) is 23.6 Å². The van der Waals surface area contributed by atoms with Gasteiger partial charge in [0.1, 0.15) is 27.3 Å². The second-order valence-corrected chi connectivity index (χ2v) is 12.1. The summed E-state index contributed by atoms with van der Waals surface area (Å²) in [6, 6.07) is 9.05. The molecule has 0 bridgehead atoms. The summed E-state index contributed by atoms with van der Waals surface area (Å²) in [4.78, 5) is 5.62. The molecule has 0 unspecified atom stereocenters. The molecular weight excluding hydrogens is 500 g/mol. The van der Waals surface area contributed by atoms with Crippen LogP contribution in [0.5, 0.6) is 0 Å². The van der Waals surface area contributed by atoms with E-state index in [1.54, 1.807) is 11.4 Å². The summed E-state index contributed by atoms with van der Waals surface area (Å²) in [6.07, 6.45) is 3.79. The molecule has 1 fully saturated rings. The molecule has 2 aromatic carbocycles. The number of benzene rings is 2. The maximum atomic E-state index is 15.0. The van der Waals surface area contributed by atoms with Crippen LogP contribution in [0.4, 0.5) is 14.5 Å². The molecule has 0 aliphatic heterocycles. The lowest BCUT2D eigenvalue weighted by atomic mass is 9.78. The molecule has 1 aliphatic carbocycles. The molecule has 0 radical (unpaired) electrons. The van der Waals surface area contributed by atoms with Gasteiger partial charge in [-0.25, -0.2) is 22.2 Å². The van der Waals surface area contributed by atoms with Crippen molar-refractivity contribution >= 4 is 38.5 Å². The Balaban J connectivity index is 1.59. The smallest absolute Gasteiger partial charge is 0.187 e. The van der Waals surface area contributed by atoms with Crippen molar-refractivity contribution in [1.82, 2.24) is 9.88 Å². The molecule has 182 valence electrons. The maximum Gasteiger partial charge on any atom is 0.187 e. The lowest BCUT2D eigenvalue weighted by Gasteiger charge is -2.41. The zero-order chi connectivity index (χ0) is 24.5. The highest BCUT2D eigenvalue weighted by molar-refractivity contribution is 7.90. The fourth-order valence-corrected chi connectivity index (χ4v) is 7.29. The molecule has 0 saturated heterocycles. The molecule has 1 aromatic heterocycles. The number of rotatable bonds is 7. The van der Waals surface area contributed by atoms with Gasteiger partial charge in [0.15, 0.2) is 9.84 Å². The zero-order valence-corrected chi connectivity index (χ0v) is 21.2. The molecule has 0 amide bonds. The van der Waals surface area contributed by atoms with Gasteiger partial charge in [0.25, 0.3) is 0 Å². The number of likely N-dealkylation sites (N-methyl/N-ethyl adjacent to an activating group) is 1. The highest BCUT2D eigenvalue weighted by atomic mass is 35.5. The van der Waals surface area contributed by atoms with Crippen LogP contribution < -0.4 is 5.32 Å². The number of hydrogen-bond donors (Lipinski definition) is 1. The monoisotopic (exact) mass is 525 g/mol. The van der Waals surface area contributed by atoms with Crippen LogP contribution in [-0.2, 0) is 15.6 Å². The highest BCUT2D eigenvalue weighted by Gasteiger charge is 2.34. The van der Waals surface area contributed by atoms with Gasteiger partial charge in [0.05, 0.1) is 10.7 Å². The van der Waals surface area contributed by atoms with Gasteiger partial charge in [-0.05, 0) is 63.0 Å². The van der Waals surface area contributed by atoms with E-state index >= 15 is 4.39 Å². The third-order valence-corrected chi connectivity index (χ3v) is 9.23. The van der Waals surface area contributed by atoms with Gasteiger partial charge in [-0.15, -0.1) is 11.3 Å². The maximum absolute atomic E-state index is 15.0. The van der Waals surface area contributed by atoms with E-state index in [1.807, 2.05) is 26.2 Å². The normalized spacial score (nSPS) is 21.1. The summed E-state index contributed by atoms with van der Waals surface area (Å²) in [5.41, 5.74) is 0.991. The standard InChI is InChI=1S/C24H26ClF2N3O2S2/c1-30(2)22-8-7-15(16-5-3-4-6-18(16)26)11-21(22)29-20-13-19(27)23(12-17(20)25)34(31,32)14-24-28-9-10-33-24/h3-6,9-10,12-13,15,21-22,29H,7-8,11,14H2,1-2H3/t15-,21-,22-/m0/s1. The van der Waals surface area contributed by atoms with Gasteiger partial charge < -0.3 is 10.2 Å². The first-order chi connectivity index (χ1) is 16.2. The summed E-state index contributed by atoms with van der Waals surface area (Å²) in [7, 11) is -0.00628. The van der Waals surface area contributed by atoms with Gasteiger partial charge >= 0.3 is 0 Å². The third-order valence-electron chi connectivity index (χ3n) is 6.32. The van der Waals surface area contributed by atoms with Crippen LogP contribution in [0.2, 0.25) is 5.02 Å². The van der Waals surface area contributed by atoms with Crippen molar-refractivity contribution in [3.05, 3.63) is 75.2 Å². The van der Waals surface area contributed by atoms with E-state index in [2.05, 4.69) is 15.2 Å². The first-order valence-corrected chi connectivity index (χ1v) is 13.8. The molecular formula is C24H26ClF2N3O2S2. The number of thiazole rings is 1. The van der Waals surface area contributed by atoms with Crippen molar-refractivity contribution in [2.75, 3.05) is 19.4 Å². The first kappa shape index (κ1) is 25.0. The Bertz CT molecular complexity index is 1250. The molecule has 1 aliphatic rings. The summed E-state index contributed by atoms with van der Waals surface area (Å²) < 4.78 is 54.9. The van der Waals surface area contributed by atoms with Gasteiger partial charge in [-0.1, -0.05) is 29.8 Å². The Morgan fingerprint density at radius 1 is 1.18 bits per heavy atom. The molecule has 5 nitrogen and oxygen atoms in total. The Hall–Kier alpha value is -2.07. The predicted octanol–water partition coefficient (Wildman–Crippen LogP) is 5.73. The summed E-state index contributed by atoms with van der Waals surface area (Å²) in [6.45, 7) is 0. The fourth-order valence-electron chi connectivity index (χ4n) is 4.66. The molecule has 3 aromatic rings. The Labute approximate surface area is 207 Å². The zero-order valence-electron chi connectivity index (χ0n) is 18.8. The molecule has 1 N–H and O–H groups in total. The molecule has 4 rings (SSSR count). The molecule has 34 heavy (non-hydrogen) atoms. The number of anilines is 1. The second-order valence-electron chi connectivity index (χ2n) is 8.76. The highest BCUT2D eigenvalue weighted by Crippen LogP contribution is 2.38. The van der Waals surface area contributed by atoms with E-state index in [4.69, 9.17) is 11.6 Å². The van der Waals surface area contributed by atoms with Crippen molar-refractivity contribution in [2.45, 2.75) is 47.9 Å². The van der Waals surface area contributed by atoms with Crippen LogP contribution in [-0.4, -0.2) is 44.5 Å². The third kappa shape index (κ3) is 5.43. The largest absolute Gasteiger partial charge is 0.379 e. The lowest BCUT2D eigenvalue weighted by molar-refractivity contribution is 0.197. The minimum atomic E-state index is -3.95. The van der Waals surface area contributed by atoms with Gasteiger partial charge in [-0.3, -0.25) is 0 Å². The number of aromatic nitrogens is 1. The van der Waals surface area contributed by atoms with Crippen molar-refractivity contribution in [3.8, 4) is 0 Å². The number of hydrogen-bond acceptors (Lipinski definition) is 6.